The molecule has 1 heterocycles. The number of nitrogens with one attached hydrogen (secondary N) is 2. The average molecular weight is 242 g/mol. The fourth-order valence-corrected chi connectivity index (χ4v) is 2.53. The maximum Gasteiger partial charge on any atom is 0.222 e. The van der Waals surface area contributed by atoms with Crippen LogP contribution in [0.4, 0.5) is 0 Å². The van der Waals surface area contributed by atoms with Crippen LogP contribution in [0, 0.1) is 5.92 Å². The van der Waals surface area contributed by atoms with Crippen LogP contribution in [0.5, 0.6) is 0 Å². The van der Waals surface area contributed by atoms with Crippen molar-refractivity contribution < 1.29 is 14.6 Å². The molecule has 1 aliphatic heterocycles. The van der Waals surface area contributed by atoms with E-state index in [1.54, 1.807) is 0 Å². The molecule has 3 N–H and O–H groups in total. The Labute approximate surface area is 102 Å². The maximum atomic E-state index is 11.7. The van der Waals surface area contributed by atoms with E-state index in [2.05, 4.69) is 10.6 Å². The van der Waals surface area contributed by atoms with Gasteiger partial charge in [-0.15, -0.1) is 0 Å². The van der Waals surface area contributed by atoms with Crippen LogP contribution >= 0.6 is 0 Å². The van der Waals surface area contributed by atoms with E-state index in [1.165, 1.54) is 0 Å². The number of hydrogen-bond donors (Lipinski definition) is 3. The number of carbonyl (C=O) groups is 1. The van der Waals surface area contributed by atoms with E-state index >= 15 is 0 Å². The van der Waals surface area contributed by atoms with E-state index in [9.17, 15) is 9.90 Å². The first-order valence-electron chi connectivity index (χ1n) is 6.53. The molecule has 5 nitrogen and oxygen atoms in total. The molecule has 3 unspecified atom stereocenters. The van der Waals surface area contributed by atoms with Gasteiger partial charge in [-0.25, -0.2) is 0 Å². The van der Waals surface area contributed by atoms with Crippen molar-refractivity contribution >= 4 is 5.91 Å². The molecule has 0 spiro atoms. The number of amides is 1. The van der Waals surface area contributed by atoms with E-state index in [-0.39, 0.29) is 24.0 Å². The van der Waals surface area contributed by atoms with Crippen LogP contribution in [0.3, 0.4) is 0 Å². The Morgan fingerprint density at radius 3 is 3.00 bits per heavy atom. The van der Waals surface area contributed by atoms with Crippen LogP contribution in [0.15, 0.2) is 0 Å². The summed E-state index contributed by atoms with van der Waals surface area (Å²) >= 11 is 0. The summed E-state index contributed by atoms with van der Waals surface area (Å²) < 4.78 is 5.47. The van der Waals surface area contributed by atoms with Crippen molar-refractivity contribution in [3.05, 3.63) is 0 Å². The first kappa shape index (κ1) is 12.8. The number of hydrogen-bond acceptors (Lipinski definition) is 4. The molecule has 2 fully saturated rings. The van der Waals surface area contributed by atoms with E-state index in [0.717, 1.165) is 32.4 Å². The number of carbonyl (C=O) groups excluding carboxylic acids is 1. The Hall–Kier alpha value is -0.650. The van der Waals surface area contributed by atoms with Gasteiger partial charge in [0.05, 0.1) is 25.2 Å². The van der Waals surface area contributed by atoms with Crippen LogP contribution in [0.2, 0.25) is 0 Å². The summed E-state index contributed by atoms with van der Waals surface area (Å²) in [5.41, 5.74) is 0. The number of aliphatic hydroxyl groups is 1. The second kappa shape index (κ2) is 6.33. The predicted molar refractivity (Wildman–Crippen MR) is 63.6 cm³/mol. The monoisotopic (exact) mass is 242 g/mol. The standard InChI is InChI=1S/C12H22N2O3/c15-11-3-1-2-9(11)7-14-12(16)6-10-8-13-4-5-17-10/h9-11,13,15H,1-8H2,(H,14,16). The fourth-order valence-electron chi connectivity index (χ4n) is 2.53. The van der Waals surface area contributed by atoms with Crippen molar-refractivity contribution in [1.82, 2.24) is 10.6 Å². The molecule has 0 radical (unpaired) electrons. The van der Waals surface area contributed by atoms with Gasteiger partial charge in [0, 0.05) is 25.6 Å². The Bertz CT molecular complexity index is 254. The van der Waals surface area contributed by atoms with Crippen LogP contribution < -0.4 is 10.6 Å². The molecule has 1 amide bonds. The third kappa shape index (κ3) is 3.94. The Morgan fingerprint density at radius 2 is 2.35 bits per heavy atom. The number of ether oxygens (including phenoxy) is 1. The lowest BCUT2D eigenvalue weighted by atomic mass is 10.1. The summed E-state index contributed by atoms with van der Waals surface area (Å²) in [5, 5.41) is 15.7. The predicted octanol–water partition coefficient (Wildman–Crippen LogP) is -0.358. The van der Waals surface area contributed by atoms with Crippen LogP contribution in [-0.4, -0.2) is 49.5 Å². The Kier molecular flexibility index (Phi) is 4.76. The normalized spacial score (nSPS) is 33.6. The highest BCUT2D eigenvalue weighted by Gasteiger charge is 2.25. The lowest BCUT2D eigenvalue weighted by molar-refractivity contribution is -0.124. The smallest absolute Gasteiger partial charge is 0.222 e. The summed E-state index contributed by atoms with van der Waals surface area (Å²) in [5.74, 6) is 0.266. The molecular weight excluding hydrogens is 220 g/mol. The first-order chi connectivity index (χ1) is 8.25. The van der Waals surface area contributed by atoms with Gasteiger partial charge < -0.3 is 20.5 Å². The summed E-state index contributed by atoms with van der Waals surface area (Å²) in [4.78, 5) is 11.7. The molecule has 2 rings (SSSR count). The zero-order chi connectivity index (χ0) is 12.1. The molecule has 3 atom stereocenters. The summed E-state index contributed by atoms with van der Waals surface area (Å²) in [6, 6.07) is 0. The minimum atomic E-state index is -0.233. The van der Waals surface area contributed by atoms with E-state index in [1.807, 2.05) is 0 Å². The minimum Gasteiger partial charge on any atom is -0.393 e. The van der Waals surface area contributed by atoms with Gasteiger partial charge in [-0.3, -0.25) is 4.79 Å². The molecule has 1 aliphatic carbocycles. The summed E-state index contributed by atoms with van der Waals surface area (Å²) in [6.07, 6.45) is 3.13. The molecule has 5 heteroatoms. The van der Waals surface area contributed by atoms with Gasteiger partial charge in [-0.1, -0.05) is 6.42 Å². The van der Waals surface area contributed by atoms with Gasteiger partial charge in [-0.05, 0) is 12.8 Å². The third-order valence-electron chi connectivity index (χ3n) is 3.60. The number of aliphatic hydroxyl groups excluding tert-OH is 1. The highest BCUT2D eigenvalue weighted by molar-refractivity contribution is 5.76. The van der Waals surface area contributed by atoms with Crippen molar-refractivity contribution in [1.29, 1.82) is 0 Å². The molecule has 1 saturated carbocycles. The summed E-state index contributed by atoms with van der Waals surface area (Å²) in [7, 11) is 0. The van der Waals surface area contributed by atoms with Crippen molar-refractivity contribution in [3.63, 3.8) is 0 Å². The molecule has 0 aromatic carbocycles. The molecule has 0 bridgehead atoms. The lowest BCUT2D eigenvalue weighted by Gasteiger charge is -2.23. The van der Waals surface area contributed by atoms with Gasteiger partial charge in [0.25, 0.3) is 0 Å². The molecule has 17 heavy (non-hydrogen) atoms. The Balaban J connectivity index is 1.63. The summed E-state index contributed by atoms with van der Waals surface area (Å²) in [6.45, 7) is 2.89. The zero-order valence-corrected chi connectivity index (χ0v) is 10.2. The molecule has 98 valence electrons. The average Bonchev–Trinajstić information content (AvgIpc) is 2.74. The Morgan fingerprint density at radius 1 is 1.47 bits per heavy atom. The van der Waals surface area contributed by atoms with Gasteiger partial charge in [0.15, 0.2) is 0 Å². The number of rotatable bonds is 4. The van der Waals surface area contributed by atoms with Crippen molar-refractivity contribution in [2.24, 2.45) is 5.92 Å². The van der Waals surface area contributed by atoms with Gasteiger partial charge >= 0.3 is 0 Å². The van der Waals surface area contributed by atoms with Crippen molar-refractivity contribution in [3.8, 4) is 0 Å². The van der Waals surface area contributed by atoms with Gasteiger partial charge in [0.2, 0.25) is 5.91 Å². The molecule has 2 aliphatic rings. The van der Waals surface area contributed by atoms with Gasteiger partial charge in [0.1, 0.15) is 0 Å². The van der Waals surface area contributed by atoms with E-state index in [0.29, 0.717) is 19.6 Å². The fraction of sp³-hybridized carbons (Fsp3) is 0.917. The van der Waals surface area contributed by atoms with Crippen molar-refractivity contribution in [2.45, 2.75) is 37.9 Å². The van der Waals surface area contributed by atoms with Crippen LogP contribution in [-0.2, 0) is 9.53 Å². The second-order valence-corrected chi connectivity index (χ2v) is 4.96. The topological polar surface area (TPSA) is 70.6 Å². The van der Waals surface area contributed by atoms with Crippen molar-refractivity contribution in [2.75, 3.05) is 26.2 Å². The largest absolute Gasteiger partial charge is 0.393 e. The molecule has 1 saturated heterocycles. The molecule has 0 aromatic heterocycles. The van der Waals surface area contributed by atoms with Crippen LogP contribution in [0.1, 0.15) is 25.7 Å². The highest BCUT2D eigenvalue weighted by Crippen LogP contribution is 2.24. The maximum absolute atomic E-state index is 11.7. The quantitative estimate of drug-likeness (QED) is 0.630. The minimum absolute atomic E-state index is 0.00254. The zero-order valence-electron chi connectivity index (χ0n) is 10.2. The highest BCUT2D eigenvalue weighted by atomic mass is 16.5. The molecule has 0 aromatic rings. The van der Waals surface area contributed by atoms with Crippen LogP contribution in [0.25, 0.3) is 0 Å². The van der Waals surface area contributed by atoms with E-state index < -0.39 is 0 Å². The molecular formula is C12H22N2O3. The second-order valence-electron chi connectivity index (χ2n) is 4.96. The SMILES string of the molecule is O=C(CC1CNCCO1)NCC1CCCC1O. The first-order valence-corrected chi connectivity index (χ1v) is 6.53. The van der Waals surface area contributed by atoms with E-state index in [4.69, 9.17) is 4.74 Å². The lowest BCUT2D eigenvalue weighted by Crippen LogP contribution is -2.42. The van der Waals surface area contributed by atoms with Gasteiger partial charge in [-0.2, -0.15) is 0 Å². The number of morpholine rings is 1. The third-order valence-corrected chi connectivity index (χ3v) is 3.60.